The van der Waals surface area contributed by atoms with Crippen LogP contribution in [0, 0.1) is 0 Å². The molecule has 0 aliphatic heterocycles. The van der Waals surface area contributed by atoms with E-state index in [4.69, 9.17) is 0 Å². The van der Waals surface area contributed by atoms with Crippen molar-refractivity contribution in [1.29, 1.82) is 0 Å². The lowest BCUT2D eigenvalue weighted by Gasteiger charge is -2.18. The first-order valence-corrected chi connectivity index (χ1v) is 7.18. The zero-order valence-corrected chi connectivity index (χ0v) is 12.7. The fraction of sp³-hybridized carbons (Fsp3) is 0.111. The van der Waals surface area contributed by atoms with Crippen molar-refractivity contribution in [3.8, 4) is 0 Å². The van der Waals surface area contributed by atoms with E-state index >= 15 is 0 Å². The molecule has 0 N–H and O–H groups in total. The average Bonchev–Trinajstić information content (AvgIpc) is 2.56. The smallest absolute Gasteiger partial charge is 0.289 e. The molecule has 0 fully saturated rings. The minimum atomic E-state index is -5.05. The summed E-state index contributed by atoms with van der Waals surface area (Å²) in [6.07, 6.45) is -9.33. The Bertz CT molecular complexity index is 919. The summed E-state index contributed by atoms with van der Waals surface area (Å²) >= 11 is 0. The van der Waals surface area contributed by atoms with Gasteiger partial charge < -0.3 is 0 Å². The van der Waals surface area contributed by atoms with Crippen LogP contribution < -0.4 is 0 Å². The number of allylic oxidation sites excluding steroid dienone is 2. The van der Waals surface area contributed by atoms with Crippen LogP contribution in [-0.2, 0) is 12.4 Å². The van der Waals surface area contributed by atoms with Crippen molar-refractivity contribution in [2.75, 3.05) is 0 Å². The standard InChI is InChI=1S/C18H8F6O2/c19-17(20,21)10-5-9(6-11(7-10)18(22,23)24)14-8-15(25)12-3-1-2-4-13(12)16(14)26/h1-8H. The van der Waals surface area contributed by atoms with Crippen LogP contribution in [0.25, 0.3) is 5.57 Å². The van der Waals surface area contributed by atoms with Gasteiger partial charge in [-0.15, -0.1) is 0 Å². The third-order valence-electron chi connectivity index (χ3n) is 3.86. The molecular weight excluding hydrogens is 362 g/mol. The van der Waals surface area contributed by atoms with E-state index in [0.717, 1.165) is 6.08 Å². The van der Waals surface area contributed by atoms with Gasteiger partial charge in [0.15, 0.2) is 11.6 Å². The highest BCUT2D eigenvalue weighted by molar-refractivity contribution is 6.38. The van der Waals surface area contributed by atoms with Crippen LogP contribution in [0.4, 0.5) is 26.3 Å². The number of hydrogen-bond acceptors (Lipinski definition) is 2. The zero-order valence-electron chi connectivity index (χ0n) is 12.7. The normalized spacial score (nSPS) is 14.9. The molecule has 0 aromatic heterocycles. The lowest BCUT2D eigenvalue weighted by molar-refractivity contribution is -0.143. The summed E-state index contributed by atoms with van der Waals surface area (Å²) in [5, 5.41) is 0. The molecule has 0 radical (unpaired) electrons. The molecule has 0 heterocycles. The number of carbonyl (C=O) groups is 2. The Balaban J connectivity index is 2.21. The first kappa shape index (κ1) is 17.9. The van der Waals surface area contributed by atoms with Crippen LogP contribution in [0.1, 0.15) is 37.4 Å². The Kier molecular flexibility index (Phi) is 4.01. The highest BCUT2D eigenvalue weighted by Gasteiger charge is 2.38. The first-order valence-electron chi connectivity index (χ1n) is 7.18. The van der Waals surface area contributed by atoms with Crippen LogP contribution in [0.5, 0.6) is 0 Å². The minimum Gasteiger partial charge on any atom is -0.289 e. The number of ketones is 2. The second kappa shape index (κ2) is 5.82. The number of alkyl halides is 6. The third kappa shape index (κ3) is 3.14. The SMILES string of the molecule is O=C1C=C(c2cc(C(F)(F)F)cc(C(F)(F)F)c2)C(=O)c2ccccc21. The molecule has 2 nitrogen and oxygen atoms in total. The van der Waals surface area contributed by atoms with Crippen LogP contribution in [0.2, 0.25) is 0 Å². The van der Waals surface area contributed by atoms with Crippen molar-refractivity contribution in [2.24, 2.45) is 0 Å². The summed E-state index contributed by atoms with van der Waals surface area (Å²) in [7, 11) is 0. The van der Waals surface area contributed by atoms with Crippen molar-refractivity contribution >= 4 is 17.1 Å². The Morgan fingerprint density at radius 1 is 0.692 bits per heavy atom. The van der Waals surface area contributed by atoms with Gasteiger partial charge in [0, 0.05) is 16.7 Å². The van der Waals surface area contributed by atoms with E-state index in [-0.39, 0.29) is 17.2 Å². The van der Waals surface area contributed by atoms with Crippen molar-refractivity contribution < 1.29 is 35.9 Å². The van der Waals surface area contributed by atoms with Crippen LogP contribution in [0.3, 0.4) is 0 Å². The molecule has 0 saturated carbocycles. The van der Waals surface area contributed by atoms with Gasteiger partial charge in [-0.2, -0.15) is 26.3 Å². The van der Waals surface area contributed by atoms with E-state index < -0.39 is 46.2 Å². The topological polar surface area (TPSA) is 34.1 Å². The molecule has 1 aliphatic carbocycles. The summed E-state index contributed by atoms with van der Waals surface area (Å²) in [5.41, 5.74) is -4.25. The maximum Gasteiger partial charge on any atom is 0.416 e. The van der Waals surface area contributed by atoms with Gasteiger partial charge in [0.1, 0.15) is 0 Å². The van der Waals surface area contributed by atoms with E-state index in [1.165, 1.54) is 24.3 Å². The van der Waals surface area contributed by atoms with Crippen molar-refractivity contribution in [3.05, 3.63) is 76.4 Å². The third-order valence-corrected chi connectivity index (χ3v) is 3.86. The molecule has 0 atom stereocenters. The maximum atomic E-state index is 13.0. The molecule has 2 aromatic rings. The van der Waals surface area contributed by atoms with E-state index in [0.29, 0.717) is 12.1 Å². The Morgan fingerprint density at radius 2 is 1.19 bits per heavy atom. The molecular formula is C18H8F6O2. The molecule has 3 rings (SSSR count). The van der Waals surface area contributed by atoms with Gasteiger partial charge in [0.25, 0.3) is 0 Å². The van der Waals surface area contributed by atoms with E-state index in [1.807, 2.05) is 0 Å². The van der Waals surface area contributed by atoms with Gasteiger partial charge in [-0.25, -0.2) is 0 Å². The summed E-state index contributed by atoms with van der Waals surface area (Å²) in [6.45, 7) is 0. The van der Waals surface area contributed by atoms with Crippen molar-refractivity contribution in [2.45, 2.75) is 12.4 Å². The fourth-order valence-electron chi connectivity index (χ4n) is 2.64. The predicted octanol–water partition coefficient (Wildman–Crippen LogP) is 5.19. The highest BCUT2D eigenvalue weighted by Crippen LogP contribution is 2.39. The summed E-state index contributed by atoms with van der Waals surface area (Å²) in [5.74, 6) is -1.48. The van der Waals surface area contributed by atoms with Crippen LogP contribution >= 0.6 is 0 Å². The Labute approximate surface area is 142 Å². The molecule has 26 heavy (non-hydrogen) atoms. The van der Waals surface area contributed by atoms with Gasteiger partial charge in [-0.1, -0.05) is 24.3 Å². The summed E-state index contributed by atoms with van der Waals surface area (Å²) in [4.78, 5) is 24.6. The second-order valence-electron chi connectivity index (χ2n) is 5.59. The van der Waals surface area contributed by atoms with Crippen LogP contribution in [-0.4, -0.2) is 11.6 Å². The molecule has 0 saturated heterocycles. The largest absolute Gasteiger partial charge is 0.416 e. The van der Waals surface area contributed by atoms with E-state index in [2.05, 4.69) is 0 Å². The number of carbonyl (C=O) groups excluding carboxylic acids is 2. The molecule has 0 bridgehead atoms. The Hall–Kier alpha value is -2.90. The molecule has 134 valence electrons. The molecule has 0 unspecified atom stereocenters. The molecule has 0 spiro atoms. The number of fused-ring (bicyclic) bond motifs is 1. The number of halogens is 6. The van der Waals surface area contributed by atoms with E-state index in [9.17, 15) is 35.9 Å². The van der Waals surface area contributed by atoms with E-state index in [1.54, 1.807) is 0 Å². The maximum absolute atomic E-state index is 13.0. The molecule has 0 amide bonds. The van der Waals surface area contributed by atoms with Crippen molar-refractivity contribution in [3.63, 3.8) is 0 Å². The van der Waals surface area contributed by atoms with Gasteiger partial charge in [0.2, 0.25) is 0 Å². The average molecular weight is 370 g/mol. The molecule has 1 aliphatic rings. The number of rotatable bonds is 1. The summed E-state index contributed by atoms with van der Waals surface area (Å²) in [6, 6.07) is 6.42. The molecule has 8 heteroatoms. The lowest BCUT2D eigenvalue weighted by atomic mass is 9.85. The van der Waals surface area contributed by atoms with Gasteiger partial charge in [0.05, 0.1) is 11.1 Å². The second-order valence-corrected chi connectivity index (χ2v) is 5.59. The lowest BCUT2D eigenvalue weighted by Crippen LogP contribution is -2.18. The zero-order chi connectivity index (χ0) is 19.3. The first-order chi connectivity index (χ1) is 12.0. The van der Waals surface area contributed by atoms with Crippen molar-refractivity contribution in [1.82, 2.24) is 0 Å². The van der Waals surface area contributed by atoms with Gasteiger partial charge in [-0.05, 0) is 29.8 Å². The highest BCUT2D eigenvalue weighted by atomic mass is 19.4. The fourth-order valence-corrected chi connectivity index (χ4v) is 2.64. The number of Topliss-reactive ketones (excluding diaryl/α,β-unsaturated/α-hetero) is 1. The Morgan fingerprint density at radius 3 is 1.69 bits per heavy atom. The predicted molar refractivity (Wildman–Crippen MR) is 79.5 cm³/mol. The van der Waals surface area contributed by atoms with Crippen LogP contribution in [0.15, 0.2) is 48.5 Å². The summed E-state index contributed by atoms with van der Waals surface area (Å²) < 4.78 is 77.9. The number of benzene rings is 2. The van der Waals surface area contributed by atoms with Gasteiger partial charge in [-0.3, -0.25) is 9.59 Å². The monoisotopic (exact) mass is 370 g/mol. The minimum absolute atomic E-state index is 0.0346. The number of hydrogen-bond donors (Lipinski definition) is 0. The quantitative estimate of drug-likeness (QED) is 0.648. The molecule has 2 aromatic carbocycles. The van der Waals surface area contributed by atoms with Gasteiger partial charge >= 0.3 is 12.4 Å².